The predicted molar refractivity (Wildman–Crippen MR) is 155 cm³/mol. The highest BCUT2D eigenvalue weighted by Gasteiger charge is 2.35. The van der Waals surface area contributed by atoms with E-state index in [1.54, 1.807) is 31.4 Å². The van der Waals surface area contributed by atoms with E-state index >= 15 is 0 Å². The van der Waals surface area contributed by atoms with Gasteiger partial charge in [0.1, 0.15) is 29.6 Å². The maximum absolute atomic E-state index is 14.3. The highest BCUT2D eigenvalue weighted by Crippen LogP contribution is 2.36. The van der Waals surface area contributed by atoms with Crippen molar-refractivity contribution in [3.8, 4) is 23.0 Å². The zero-order valence-corrected chi connectivity index (χ0v) is 24.0. The Bertz CT molecular complexity index is 1620. The van der Waals surface area contributed by atoms with Gasteiger partial charge in [-0.15, -0.1) is 5.10 Å². The number of fused-ring (bicyclic) bond motifs is 2. The lowest BCUT2D eigenvalue weighted by Gasteiger charge is -2.32. The third-order valence-electron chi connectivity index (χ3n) is 7.64. The van der Waals surface area contributed by atoms with Crippen LogP contribution in [0.5, 0.6) is 23.0 Å². The highest BCUT2D eigenvalue weighted by molar-refractivity contribution is 5.90. The summed E-state index contributed by atoms with van der Waals surface area (Å²) in [5.41, 5.74) is 2.64. The van der Waals surface area contributed by atoms with E-state index in [0.717, 1.165) is 18.4 Å². The molecule has 1 saturated heterocycles. The van der Waals surface area contributed by atoms with E-state index < -0.39 is 6.04 Å². The predicted octanol–water partition coefficient (Wildman–Crippen LogP) is 3.24. The number of para-hydroxylation sites is 1. The van der Waals surface area contributed by atoms with Crippen molar-refractivity contribution in [2.45, 2.75) is 38.1 Å². The van der Waals surface area contributed by atoms with Gasteiger partial charge in [0.15, 0.2) is 11.5 Å². The molecule has 0 spiro atoms. The summed E-state index contributed by atoms with van der Waals surface area (Å²) < 4.78 is 29.5. The van der Waals surface area contributed by atoms with Crippen LogP contribution in [0.1, 0.15) is 30.0 Å². The molecule has 1 N–H and O–H groups in total. The average molecular weight is 588 g/mol. The van der Waals surface area contributed by atoms with E-state index in [4.69, 9.17) is 23.7 Å². The SMILES string of the molecule is COc1ccc([C@@H](C(=O)NC[C@H]2CCCO2)N(Cc2ccc3c(c2)OCO3)C(=O)Cn2nnc3ccccc32)c(OC)c1. The summed E-state index contributed by atoms with van der Waals surface area (Å²) in [6.45, 7) is 1.07. The molecule has 0 bridgehead atoms. The second kappa shape index (κ2) is 12.6. The fourth-order valence-corrected chi connectivity index (χ4v) is 5.42. The van der Waals surface area contributed by atoms with Crippen LogP contribution in [-0.2, 0) is 27.4 Å². The van der Waals surface area contributed by atoms with Gasteiger partial charge in [-0.25, -0.2) is 4.68 Å². The van der Waals surface area contributed by atoms with Gasteiger partial charge in [0.25, 0.3) is 0 Å². The van der Waals surface area contributed by atoms with Crippen LogP contribution in [-0.4, -0.2) is 72.0 Å². The Kier molecular flexibility index (Phi) is 8.27. The zero-order valence-electron chi connectivity index (χ0n) is 24.0. The Hall–Kier alpha value is -4.84. The first-order valence-electron chi connectivity index (χ1n) is 14.1. The van der Waals surface area contributed by atoms with Crippen LogP contribution < -0.4 is 24.3 Å². The molecule has 1 aromatic heterocycles. The van der Waals surface area contributed by atoms with Crippen LogP contribution in [0.15, 0.2) is 60.7 Å². The molecule has 0 aliphatic carbocycles. The number of nitrogens with one attached hydrogen (secondary N) is 1. The molecule has 6 rings (SSSR count). The van der Waals surface area contributed by atoms with Crippen molar-refractivity contribution in [1.29, 1.82) is 0 Å². The molecule has 224 valence electrons. The monoisotopic (exact) mass is 587 g/mol. The Balaban J connectivity index is 1.40. The summed E-state index contributed by atoms with van der Waals surface area (Å²) in [5, 5.41) is 11.4. The van der Waals surface area contributed by atoms with E-state index in [0.29, 0.717) is 52.7 Å². The summed E-state index contributed by atoms with van der Waals surface area (Å²) in [6.07, 6.45) is 1.72. The number of hydrogen-bond acceptors (Lipinski definition) is 9. The van der Waals surface area contributed by atoms with Crippen molar-refractivity contribution in [2.24, 2.45) is 0 Å². The normalized spacial score (nSPS) is 16.2. The molecule has 2 aliphatic rings. The molecule has 0 radical (unpaired) electrons. The van der Waals surface area contributed by atoms with Crippen LogP contribution in [0.25, 0.3) is 11.0 Å². The Labute approximate surface area is 248 Å². The Morgan fingerprint density at radius 3 is 2.74 bits per heavy atom. The number of amides is 2. The largest absolute Gasteiger partial charge is 0.497 e. The second-order valence-electron chi connectivity index (χ2n) is 10.3. The smallest absolute Gasteiger partial charge is 0.247 e. The van der Waals surface area contributed by atoms with Crippen LogP contribution >= 0.6 is 0 Å². The van der Waals surface area contributed by atoms with E-state index in [9.17, 15) is 9.59 Å². The Morgan fingerprint density at radius 2 is 1.93 bits per heavy atom. The molecule has 4 aromatic rings. The molecule has 3 heterocycles. The molecule has 2 atom stereocenters. The molecule has 1 fully saturated rings. The van der Waals surface area contributed by atoms with E-state index in [1.807, 2.05) is 36.4 Å². The summed E-state index contributed by atoms with van der Waals surface area (Å²) in [7, 11) is 3.07. The summed E-state index contributed by atoms with van der Waals surface area (Å²) in [5.74, 6) is 1.46. The number of carbonyl (C=O) groups excluding carboxylic acids is 2. The highest BCUT2D eigenvalue weighted by atomic mass is 16.7. The molecule has 2 aliphatic heterocycles. The molecular weight excluding hydrogens is 554 g/mol. The van der Waals surface area contributed by atoms with Gasteiger partial charge in [-0.2, -0.15) is 0 Å². The minimum absolute atomic E-state index is 0.0816. The van der Waals surface area contributed by atoms with E-state index in [2.05, 4.69) is 15.6 Å². The fourth-order valence-electron chi connectivity index (χ4n) is 5.42. The molecule has 2 amide bonds. The Morgan fingerprint density at radius 1 is 1.07 bits per heavy atom. The van der Waals surface area contributed by atoms with Gasteiger partial charge >= 0.3 is 0 Å². The molecular formula is C31H33N5O7. The lowest BCUT2D eigenvalue weighted by molar-refractivity contribution is -0.142. The summed E-state index contributed by atoms with van der Waals surface area (Å²) in [4.78, 5) is 30.0. The number of ether oxygens (including phenoxy) is 5. The quantitative estimate of drug-likeness (QED) is 0.281. The lowest BCUT2D eigenvalue weighted by atomic mass is 10.0. The van der Waals surface area contributed by atoms with Gasteiger partial charge in [0, 0.05) is 31.3 Å². The second-order valence-corrected chi connectivity index (χ2v) is 10.3. The van der Waals surface area contributed by atoms with Gasteiger partial charge in [0.2, 0.25) is 18.6 Å². The maximum atomic E-state index is 14.3. The lowest BCUT2D eigenvalue weighted by Crippen LogP contribution is -2.46. The number of hydrogen-bond donors (Lipinski definition) is 1. The van der Waals surface area contributed by atoms with Gasteiger partial charge in [-0.3, -0.25) is 9.59 Å². The number of carbonyl (C=O) groups is 2. The number of rotatable bonds is 11. The molecule has 12 nitrogen and oxygen atoms in total. The van der Waals surface area contributed by atoms with Crippen molar-refractivity contribution < 1.29 is 33.3 Å². The number of aromatic nitrogens is 3. The number of nitrogens with zero attached hydrogens (tertiary/aromatic N) is 4. The minimum atomic E-state index is -1.06. The van der Waals surface area contributed by atoms with Gasteiger partial charge in [0.05, 0.1) is 25.8 Å². The minimum Gasteiger partial charge on any atom is -0.497 e. The van der Waals surface area contributed by atoms with Crippen molar-refractivity contribution in [2.75, 3.05) is 34.2 Å². The number of methoxy groups -OCH3 is 2. The van der Waals surface area contributed by atoms with Crippen molar-refractivity contribution >= 4 is 22.8 Å². The molecule has 0 saturated carbocycles. The first-order valence-corrected chi connectivity index (χ1v) is 14.1. The molecule has 3 aromatic carbocycles. The molecule has 43 heavy (non-hydrogen) atoms. The standard InChI is InChI=1S/C31H33N5O7/c1-39-21-10-11-23(27(15-21)40-2)30(31(38)32-16-22-6-5-13-41-22)35(17-20-9-12-26-28(14-20)43-19-42-26)29(37)18-36-25-8-4-3-7-24(25)33-34-36/h3-4,7-12,14-15,22,30H,5-6,13,16-19H2,1-2H3,(H,32,38)/t22-,30+/m1/s1. The topological polar surface area (TPSA) is 126 Å². The number of benzene rings is 3. The third-order valence-corrected chi connectivity index (χ3v) is 7.64. The van der Waals surface area contributed by atoms with Crippen molar-refractivity contribution in [3.63, 3.8) is 0 Å². The van der Waals surface area contributed by atoms with Crippen LogP contribution in [0, 0.1) is 0 Å². The fraction of sp³-hybridized carbons (Fsp3) is 0.355. The van der Waals surface area contributed by atoms with Gasteiger partial charge < -0.3 is 33.9 Å². The van der Waals surface area contributed by atoms with Crippen LogP contribution in [0.2, 0.25) is 0 Å². The van der Waals surface area contributed by atoms with Crippen LogP contribution in [0.4, 0.5) is 0 Å². The van der Waals surface area contributed by atoms with Gasteiger partial charge in [-0.05, 0) is 54.8 Å². The van der Waals surface area contributed by atoms with E-state index in [-0.39, 0.29) is 37.8 Å². The molecule has 12 heteroatoms. The summed E-state index contributed by atoms with van der Waals surface area (Å²) in [6, 6.07) is 17.0. The first kappa shape index (κ1) is 28.3. The van der Waals surface area contributed by atoms with Crippen LogP contribution in [0.3, 0.4) is 0 Å². The maximum Gasteiger partial charge on any atom is 0.247 e. The van der Waals surface area contributed by atoms with Gasteiger partial charge in [-0.1, -0.05) is 23.4 Å². The average Bonchev–Trinajstić information content (AvgIpc) is 3.81. The summed E-state index contributed by atoms with van der Waals surface area (Å²) >= 11 is 0. The van der Waals surface area contributed by atoms with E-state index in [1.165, 1.54) is 16.7 Å². The van der Waals surface area contributed by atoms with Crippen molar-refractivity contribution in [1.82, 2.24) is 25.2 Å². The zero-order chi connectivity index (χ0) is 29.8. The molecule has 0 unspecified atom stereocenters. The third kappa shape index (κ3) is 6.05. The van der Waals surface area contributed by atoms with Crippen molar-refractivity contribution in [3.05, 3.63) is 71.8 Å². The first-order chi connectivity index (χ1) is 21.0.